The van der Waals surface area contributed by atoms with Crippen LogP contribution in [0.2, 0.25) is 0 Å². The number of amides is 2. The molecule has 0 spiro atoms. The molecule has 0 aliphatic carbocycles. The average Bonchev–Trinajstić information content (AvgIpc) is 3.61. The molecular weight excluding hydrogens is 609 g/mol. The lowest BCUT2D eigenvalue weighted by Crippen LogP contribution is -2.48. The number of benzene rings is 1. The van der Waals surface area contributed by atoms with Gasteiger partial charge in [-0.05, 0) is 38.0 Å². The summed E-state index contributed by atoms with van der Waals surface area (Å²) in [6.45, 7) is 3.13. The first-order valence-corrected chi connectivity index (χ1v) is 16.3. The lowest BCUT2D eigenvalue weighted by atomic mass is 10.1. The van der Waals surface area contributed by atoms with Gasteiger partial charge >= 0.3 is 11.0 Å². The number of nitrogens with one attached hydrogen (secondary N) is 2. The maximum atomic E-state index is 13.6. The number of halogens is 3. The molecule has 16 heteroatoms. The number of fused-ring (bicyclic) bond motifs is 1. The second kappa shape index (κ2) is 10.8. The second-order valence-electron chi connectivity index (χ2n) is 10.6. The van der Waals surface area contributed by atoms with Crippen molar-refractivity contribution in [3.05, 3.63) is 57.3 Å². The number of nitrogens with zero attached hydrogens (tertiary/aromatic N) is 4. The third-order valence-electron chi connectivity index (χ3n) is 7.51. The molecule has 2 N–H and O–H groups in total. The van der Waals surface area contributed by atoms with E-state index in [1.165, 1.54) is 6.07 Å². The number of aryl methyl sites for hydroxylation is 1. The van der Waals surface area contributed by atoms with Crippen molar-refractivity contribution in [1.82, 2.24) is 19.6 Å². The van der Waals surface area contributed by atoms with Crippen LogP contribution in [0.1, 0.15) is 41.4 Å². The van der Waals surface area contributed by atoms with E-state index in [4.69, 9.17) is 4.74 Å². The van der Waals surface area contributed by atoms with Crippen LogP contribution in [-0.4, -0.2) is 73.1 Å². The smallest absolute Gasteiger partial charge is 0.378 e. The molecular formula is C27H28F3N6O5S2+. The quantitative estimate of drug-likeness (QED) is 0.381. The van der Waals surface area contributed by atoms with E-state index in [-0.39, 0.29) is 35.1 Å². The van der Waals surface area contributed by atoms with Gasteiger partial charge in [-0.3, -0.25) is 19.5 Å². The van der Waals surface area contributed by atoms with Crippen LogP contribution in [-0.2, 0) is 26.1 Å². The van der Waals surface area contributed by atoms with E-state index < -0.39 is 51.2 Å². The molecule has 1 unspecified atom stereocenters. The Kier molecular flexibility index (Phi) is 7.43. The van der Waals surface area contributed by atoms with Gasteiger partial charge in [0.25, 0.3) is 5.91 Å². The van der Waals surface area contributed by atoms with Crippen LogP contribution < -0.4 is 14.4 Å². The Hall–Kier alpha value is -3.60. The highest BCUT2D eigenvalue weighted by molar-refractivity contribution is 7.89. The van der Waals surface area contributed by atoms with Crippen molar-refractivity contribution in [1.29, 1.82) is 0 Å². The van der Waals surface area contributed by atoms with Crippen LogP contribution >= 0.6 is 10.5 Å². The number of thiazole rings is 1. The summed E-state index contributed by atoms with van der Waals surface area (Å²) in [6, 6.07) is 5.41. The Morgan fingerprint density at radius 1 is 1.23 bits per heavy atom. The summed E-state index contributed by atoms with van der Waals surface area (Å²) in [6.07, 6.45) is -3.51. The number of aromatic amines is 1. The number of aromatic nitrogens is 2. The number of rotatable bonds is 7. The van der Waals surface area contributed by atoms with E-state index in [1.807, 2.05) is 5.38 Å². The van der Waals surface area contributed by atoms with Gasteiger partial charge in [0.1, 0.15) is 16.8 Å². The molecule has 2 aromatic heterocycles. The highest BCUT2D eigenvalue weighted by Crippen LogP contribution is 2.39. The number of ether oxygens (including phenoxy) is 1. The highest BCUT2D eigenvalue weighted by Gasteiger charge is 2.47. The first kappa shape index (κ1) is 29.5. The first-order chi connectivity index (χ1) is 20.3. The minimum absolute atomic E-state index is 0.0223. The van der Waals surface area contributed by atoms with Crippen LogP contribution in [0.25, 0.3) is 4.90 Å². The zero-order valence-corrected chi connectivity index (χ0v) is 24.8. The zero-order chi connectivity index (χ0) is 30.7. The molecule has 3 aliphatic heterocycles. The highest BCUT2D eigenvalue weighted by atomic mass is 32.2. The maximum Gasteiger partial charge on any atom is 0.408 e. The number of pyridine rings is 1. The molecule has 2 atom stereocenters. The third kappa shape index (κ3) is 5.59. The lowest BCUT2D eigenvalue weighted by Gasteiger charge is -2.27. The van der Waals surface area contributed by atoms with Gasteiger partial charge in [0.15, 0.2) is 16.1 Å². The summed E-state index contributed by atoms with van der Waals surface area (Å²) in [5, 5.41) is 1.84. The summed E-state index contributed by atoms with van der Waals surface area (Å²) >= 11 is 0. The van der Waals surface area contributed by atoms with Gasteiger partial charge in [0.05, 0.1) is 41.0 Å². The Labute approximate surface area is 247 Å². The molecule has 2 saturated heterocycles. The van der Waals surface area contributed by atoms with Gasteiger partial charge in [0.2, 0.25) is 15.9 Å². The van der Waals surface area contributed by atoms with E-state index in [2.05, 4.69) is 19.7 Å². The molecule has 3 aromatic rings. The summed E-state index contributed by atoms with van der Waals surface area (Å²) < 4.78 is 75.6. The number of hydrogen-bond acceptors (Lipinski definition) is 7. The fourth-order valence-corrected chi connectivity index (χ4v) is 8.59. The van der Waals surface area contributed by atoms with E-state index >= 15 is 0 Å². The monoisotopic (exact) mass is 637 g/mol. The molecule has 1 aromatic carbocycles. The molecule has 5 heterocycles. The van der Waals surface area contributed by atoms with E-state index in [0.717, 1.165) is 19.0 Å². The molecule has 0 saturated carbocycles. The Morgan fingerprint density at radius 3 is 2.65 bits per heavy atom. The van der Waals surface area contributed by atoms with Crippen molar-refractivity contribution in [2.75, 3.05) is 24.7 Å². The van der Waals surface area contributed by atoms with Gasteiger partial charge in [-0.1, -0.05) is 6.07 Å². The van der Waals surface area contributed by atoms with Crippen molar-refractivity contribution < 1.29 is 35.9 Å². The van der Waals surface area contributed by atoms with Crippen LogP contribution in [0, 0.1) is 6.92 Å². The number of carbonyl (C=O) groups is 2. The molecule has 228 valence electrons. The van der Waals surface area contributed by atoms with Crippen LogP contribution in [0.15, 0.2) is 45.6 Å². The molecule has 2 amide bonds. The summed E-state index contributed by atoms with van der Waals surface area (Å²) in [7, 11) is -5.29. The van der Waals surface area contributed by atoms with Crippen molar-refractivity contribution >= 4 is 43.9 Å². The fraction of sp³-hybridized carbons (Fsp3) is 0.407. The van der Waals surface area contributed by atoms with Crippen LogP contribution in [0.4, 0.5) is 24.8 Å². The molecule has 0 radical (unpaired) electrons. The fourth-order valence-electron chi connectivity index (χ4n) is 5.19. The number of hydrogen-bond donors (Lipinski definition) is 2. The Balaban J connectivity index is 1.46. The molecule has 0 bridgehead atoms. The van der Waals surface area contributed by atoms with Crippen LogP contribution in [0.3, 0.4) is 0 Å². The number of alkyl halides is 3. The van der Waals surface area contributed by atoms with Gasteiger partial charge < -0.3 is 9.64 Å². The maximum absolute atomic E-state index is 13.6. The Bertz CT molecular complexity index is 1800. The molecule has 6 rings (SSSR count). The number of H-pyrrole nitrogens is 1. The lowest BCUT2D eigenvalue weighted by molar-refractivity contribution is -0.172. The number of sulfonamides is 1. The van der Waals surface area contributed by atoms with Crippen molar-refractivity contribution in [3.8, 4) is 4.90 Å². The van der Waals surface area contributed by atoms with Crippen molar-refractivity contribution in [3.63, 3.8) is 0 Å². The average molecular weight is 638 g/mol. The topological polar surface area (TPSA) is 137 Å². The van der Waals surface area contributed by atoms with Crippen molar-refractivity contribution in [2.45, 2.75) is 56.4 Å². The van der Waals surface area contributed by atoms with Gasteiger partial charge in [-0.25, -0.2) is 18.1 Å². The minimum atomic E-state index is -4.70. The van der Waals surface area contributed by atoms with E-state index in [0.29, 0.717) is 39.2 Å². The van der Waals surface area contributed by atoms with Gasteiger partial charge in [0, 0.05) is 31.6 Å². The Morgan fingerprint density at radius 2 is 2.00 bits per heavy atom. The molecule has 2 fully saturated rings. The second-order valence-corrected chi connectivity index (χ2v) is 14.1. The summed E-state index contributed by atoms with van der Waals surface area (Å²) in [5.74, 6) is -0.226. The normalized spacial score (nSPS) is 19.3. The van der Waals surface area contributed by atoms with E-state index in [1.54, 1.807) is 36.1 Å². The molecule has 43 heavy (non-hydrogen) atoms. The largest absolute Gasteiger partial charge is 0.408 e. The zero-order valence-electron chi connectivity index (χ0n) is 23.1. The SMILES string of the molecule is Cc1c[s+](-c2cc3c(c(S(=O)(=O)NC4COC4)c2)C(=O)N([C@@H](C)C(F)(F)F)C3)c(=Nc2cccc(N3CCCC3=O)n2)[nH]1. The predicted molar refractivity (Wildman–Crippen MR) is 151 cm³/mol. The number of anilines is 1. The van der Waals surface area contributed by atoms with E-state index in [9.17, 15) is 31.2 Å². The van der Waals surface area contributed by atoms with Crippen LogP contribution in [0.5, 0.6) is 0 Å². The first-order valence-electron chi connectivity index (χ1n) is 13.5. The van der Waals surface area contributed by atoms with Gasteiger partial charge in [-0.2, -0.15) is 18.2 Å². The predicted octanol–water partition coefficient (Wildman–Crippen LogP) is 3.40. The summed E-state index contributed by atoms with van der Waals surface area (Å²) in [4.78, 5) is 40.7. The molecule has 11 nitrogen and oxygen atoms in total. The molecule has 3 aliphatic rings. The number of carbonyl (C=O) groups excluding carboxylic acids is 2. The third-order valence-corrected chi connectivity index (χ3v) is 11.0. The minimum Gasteiger partial charge on any atom is -0.378 e. The van der Waals surface area contributed by atoms with Crippen molar-refractivity contribution in [2.24, 2.45) is 4.99 Å². The standard InChI is InChI=1S/C27H28F3N6O5S2/c1-15-14-42(26(31-15)33-21-5-3-6-22(32-21)35-8-4-7-23(35)37)19-9-17-11-36(16(2)27(28,29)30)25(38)24(17)20(10-19)43(39,40)34-18-12-41-13-18/h3,5-6,9-10,14,16,18,34H,4,7-8,11-13H2,1-2H3,(H,31,32,33)/q+1/t16-,42?/m0/s1. The summed E-state index contributed by atoms with van der Waals surface area (Å²) in [5.41, 5.74) is 0.638. The van der Waals surface area contributed by atoms with Gasteiger partial charge in [-0.15, -0.1) is 0 Å².